The lowest BCUT2D eigenvalue weighted by Crippen LogP contribution is -2.45. The van der Waals surface area contributed by atoms with Crippen LogP contribution in [0, 0.1) is 5.92 Å². The highest BCUT2D eigenvalue weighted by Gasteiger charge is 2.28. The monoisotopic (exact) mass is 264 g/mol. The Morgan fingerprint density at radius 1 is 1.21 bits per heavy atom. The molecule has 0 radical (unpaired) electrons. The number of rotatable bonds is 2. The number of anilines is 1. The van der Waals surface area contributed by atoms with Gasteiger partial charge in [-0.05, 0) is 12.1 Å². The van der Waals surface area contributed by atoms with Crippen molar-refractivity contribution >= 4 is 11.8 Å². The lowest BCUT2D eigenvalue weighted by molar-refractivity contribution is 0.117. The Morgan fingerprint density at radius 2 is 2.00 bits per heavy atom. The van der Waals surface area contributed by atoms with Gasteiger partial charge in [0.1, 0.15) is 13.2 Å². The Morgan fingerprint density at radius 3 is 2.79 bits per heavy atom. The number of benzene rings is 1. The fourth-order valence-electron chi connectivity index (χ4n) is 2.21. The van der Waals surface area contributed by atoms with Crippen molar-refractivity contribution in [2.24, 2.45) is 11.7 Å². The summed E-state index contributed by atoms with van der Waals surface area (Å²) in [5, 5.41) is 0. The first-order valence-electron chi connectivity index (χ1n) is 6.32. The van der Waals surface area contributed by atoms with Gasteiger partial charge in [0.05, 0.1) is 12.3 Å². The molecule has 1 saturated heterocycles. The average molecular weight is 264 g/mol. The SMILES string of the molecule is NCC1COC(=O)N(c2ccc3c(c2)OCCO3)C1. The van der Waals surface area contributed by atoms with Gasteiger partial charge in [-0.15, -0.1) is 0 Å². The molecule has 19 heavy (non-hydrogen) atoms. The van der Waals surface area contributed by atoms with Crippen molar-refractivity contribution < 1.29 is 19.0 Å². The van der Waals surface area contributed by atoms with Crippen LogP contribution in [0.3, 0.4) is 0 Å². The van der Waals surface area contributed by atoms with Crippen molar-refractivity contribution in [3.05, 3.63) is 18.2 Å². The Kier molecular flexibility index (Phi) is 3.16. The molecule has 2 N–H and O–H groups in total. The minimum Gasteiger partial charge on any atom is -0.486 e. The van der Waals surface area contributed by atoms with Crippen LogP contribution in [-0.4, -0.2) is 39.0 Å². The molecular formula is C13H16N2O4. The molecule has 6 nitrogen and oxygen atoms in total. The number of carbonyl (C=O) groups is 1. The minimum absolute atomic E-state index is 0.158. The number of nitrogens with zero attached hydrogens (tertiary/aromatic N) is 1. The second-order valence-electron chi connectivity index (χ2n) is 4.62. The molecule has 0 spiro atoms. The van der Waals surface area contributed by atoms with Crippen molar-refractivity contribution in [1.82, 2.24) is 0 Å². The van der Waals surface area contributed by atoms with E-state index in [0.717, 1.165) is 5.69 Å². The first kappa shape index (κ1) is 12.1. The molecule has 0 saturated carbocycles. The smallest absolute Gasteiger partial charge is 0.414 e. The lowest BCUT2D eigenvalue weighted by Gasteiger charge is -2.32. The van der Waals surface area contributed by atoms with Gasteiger partial charge in [-0.3, -0.25) is 4.90 Å². The topological polar surface area (TPSA) is 74.0 Å². The van der Waals surface area contributed by atoms with E-state index in [1.54, 1.807) is 11.0 Å². The highest BCUT2D eigenvalue weighted by atomic mass is 16.6. The Hall–Kier alpha value is -1.95. The predicted octanol–water partition coefficient (Wildman–Crippen LogP) is 0.989. The summed E-state index contributed by atoms with van der Waals surface area (Å²) >= 11 is 0. The minimum atomic E-state index is -0.346. The molecule has 1 aromatic carbocycles. The third-order valence-electron chi connectivity index (χ3n) is 3.27. The molecule has 102 valence electrons. The van der Waals surface area contributed by atoms with Gasteiger partial charge in [0, 0.05) is 25.1 Å². The number of amides is 1. The number of hydrogen-bond donors (Lipinski definition) is 1. The van der Waals surface area contributed by atoms with Crippen molar-refractivity contribution in [2.75, 3.05) is 37.8 Å². The second-order valence-corrected chi connectivity index (χ2v) is 4.62. The molecule has 1 fully saturated rings. The van der Waals surface area contributed by atoms with E-state index in [2.05, 4.69) is 0 Å². The van der Waals surface area contributed by atoms with Crippen LogP contribution in [0.25, 0.3) is 0 Å². The van der Waals surface area contributed by atoms with Gasteiger partial charge in [-0.2, -0.15) is 0 Å². The molecular weight excluding hydrogens is 248 g/mol. The number of carbonyl (C=O) groups excluding carboxylic acids is 1. The van der Waals surface area contributed by atoms with Crippen LogP contribution >= 0.6 is 0 Å². The van der Waals surface area contributed by atoms with Gasteiger partial charge in [0.2, 0.25) is 0 Å². The second kappa shape index (κ2) is 4.97. The summed E-state index contributed by atoms with van der Waals surface area (Å²) < 4.78 is 16.1. The molecule has 0 aliphatic carbocycles. The summed E-state index contributed by atoms with van der Waals surface area (Å²) in [6.45, 7) is 2.51. The van der Waals surface area contributed by atoms with Crippen molar-refractivity contribution in [1.29, 1.82) is 0 Å². The average Bonchev–Trinajstić information content (AvgIpc) is 2.47. The lowest BCUT2D eigenvalue weighted by atomic mass is 10.1. The predicted molar refractivity (Wildman–Crippen MR) is 68.7 cm³/mol. The van der Waals surface area contributed by atoms with Crippen molar-refractivity contribution in [3.8, 4) is 11.5 Å². The number of cyclic esters (lactones) is 1. The summed E-state index contributed by atoms with van der Waals surface area (Å²) in [4.78, 5) is 13.4. The van der Waals surface area contributed by atoms with Gasteiger partial charge in [-0.1, -0.05) is 0 Å². The molecule has 2 heterocycles. The number of fused-ring (bicyclic) bond motifs is 1. The molecule has 0 aromatic heterocycles. The molecule has 1 atom stereocenters. The summed E-state index contributed by atoms with van der Waals surface area (Å²) in [6.07, 6.45) is -0.346. The quantitative estimate of drug-likeness (QED) is 0.862. The fourth-order valence-corrected chi connectivity index (χ4v) is 2.21. The number of hydrogen-bond acceptors (Lipinski definition) is 5. The van der Waals surface area contributed by atoms with E-state index in [4.69, 9.17) is 19.9 Å². The largest absolute Gasteiger partial charge is 0.486 e. The van der Waals surface area contributed by atoms with Gasteiger partial charge in [-0.25, -0.2) is 4.79 Å². The van der Waals surface area contributed by atoms with Crippen LogP contribution in [-0.2, 0) is 4.74 Å². The highest BCUT2D eigenvalue weighted by Crippen LogP contribution is 2.34. The zero-order valence-corrected chi connectivity index (χ0v) is 10.5. The molecule has 3 rings (SSSR count). The van der Waals surface area contributed by atoms with Crippen LogP contribution in [0.15, 0.2) is 18.2 Å². The van der Waals surface area contributed by atoms with E-state index < -0.39 is 0 Å². The van der Waals surface area contributed by atoms with E-state index in [1.807, 2.05) is 12.1 Å². The molecule has 1 unspecified atom stereocenters. The van der Waals surface area contributed by atoms with E-state index in [1.165, 1.54) is 0 Å². The maximum Gasteiger partial charge on any atom is 0.414 e. The first-order chi connectivity index (χ1) is 9.28. The van der Waals surface area contributed by atoms with E-state index in [0.29, 0.717) is 44.4 Å². The zero-order valence-electron chi connectivity index (χ0n) is 10.5. The van der Waals surface area contributed by atoms with Crippen LogP contribution in [0.1, 0.15) is 0 Å². The van der Waals surface area contributed by atoms with E-state index in [9.17, 15) is 4.79 Å². The van der Waals surface area contributed by atoms with Crippen molar-refractivity contribution in [2.45, 2.75) is 0 Å². The maximum atomic E-state index is 11.8. The summed E-state index contributed by atoms with van der Waals surface area (Å²) in [5.41, 5.74) is 6.38. The Balaban J connectivity index is 1.86. The maximum absolute atomic E-state index is 11.8. The molecule has 2 aliphatic rings. The normalized spacial score (nSPS) is 22.1. The number of ether oxygens (including phenoxy) is 3. The van der Waals surface area contributed by atoms with E-state index in [-0.39, 0.29) is 12.0 Å². The van der Waals surface area contributed by atoms with Crippen LogP contribution < -0.4 is 20.1 Å². The van der Waals surface area contributed by atoms with Crippen LogP contribution in [0.5, 0.6) is 11.5 Å². The fraction of sp³-hybridized carbons (Fsp3) is 0.462. The first-order valence-corrected chi connectivity index (χ1v) is 6.32. The molecule has 1 amide bonds. The summed E-state index contributed by atoms with van der Waals surface area (Å²) in [5.74, 6) is 1.52. The standard InChI is InChI=1S/C13H16N2O4/c14-6-9-7-15(13(16)19-8-9)10-1-2-11-12(5-10)18-4-3-17-11/h1-2,5,9H,3-4,6-8,14H2. The summed E-state index contributed by atoms with van der Waals surface area (Å²) in [6, 6.07) is 5.44. The molecule has 1 aromatic rings. The molecule has 6 heteroatoms. The summed E-state index contributed by atoms with van der Waals surface area (Å²) in [7, 11) is 0. The molecule has 2 aliphatic heterocycles. The van der Waals surface area contributed by atoms with Gasteiger partial charge >= 0.3 is 6.09 Å². The molecule has 0 bridgehead atoms. The Bertz CT molecular complexity index is 492. The van der Waals surface area contributed by atoms with Gasteiger partial charge < -0.3 is 19.9 Å². The zero-order chi connectivity index (χ0) is 13.2. The Labute approximate surface area is 111 Å². The van der Waals surface area contributed by atoms with Crippen LogP contribution in [0.4, 0.5) is 10.5 Å². The van der Waals surface area contributed by atoms with E-state index >= 15 is 0 Å². The van der Waals surface area contributed by atoms with Gasteiger partial charge in [0.25, 0.3) is 0 Å². The van der Waals surface area contributed by atoms with Crippen LogP contribution in [0.2, 0.25) is 0 Å². The highest BCUT2D eigenvalue weighted by molar-refractivity contribution is 5.88. The number of nitrogens with two attached hydrogens (primary N) is 1. The third kappa shape index (κ3) is 2.31. The third-order valence-corrected chi connectivity index (χ3v) is 3.27. The van der Waals surface area contributed by atoms with Gasteiger partial charge in [0.15, 0.2) is 11.5 Å². The van der Waals surface area contributed by atoms with Crippen molar-refractivity contribution in [3.63, 3.8) is 0 Å².